The molecule has 0 spiro atoms. The summed E-state index contributed by atoms with van der Waals surface area (Å²) in [6.07, 6.45) is -4.68. The summed E-state index contributed by atoms with van der Waals surface area (Å²) in [4.78, 5) is 0. The molecule has 28 heavy (non-hydrogen) atoms. The van der Waals surface area contributed by atoms with Gasteiger partial charge in [0.15, 0.2) is 0 Å². The minimum Gasteiger partial charge on any atom is -0.496 e. The number of hydrogen-bond donors (Lipinski definition) is 0. The zero-order valence-electron chi connectivity index (χ0n) is 15.5. The highest BCUT2D eigenvalue weighted by molar-refractivity contribution is 5.72. The maximum atomic E-state index is 13.4. The molecule has 0 aromatic heterocycles. The molecule has 4 aliphatic carbocycles. The molecule has 0 radical (unpaired) electrons. The van der Waals surface area contributed by atoms with Crippen LogP contribution in [-0.4, -0.2) is 19.5 Å². The lowest BCUT2D eigenvalue weighted by molar-refractivity contribution is -0.0911. The number of alkyl halides is 6. The average molecular weight is 404 g/mol. The topological polar surface area (TPSA) is 9.23 Å². The van der Waals surface area contributed by atoms with Gasteiger partial charge < -0.3 is 4.74 Å². The first kappa shape index (κ1) is 19.6. The number of methoxy groups -OCH3 is 1. The molecule has 1 nitrogen and oxygen atoms in total. The summed E-state index contributed by atoms with van der Waals surface area (Å²) < 4.78 is 84.0. The maximum Gasteiger partial charge on any atom is 0.417 e. The first-order valence-corrected chi connectivity index (χ1v) is 9.55. The van der Waals surface area contributed by atoms with Crippen LogP contribution in [0.3, 0.4) is 0 Å². The predicted molar refractivity (Wildman–Crippen MR) is 92.9 cm³/mol. The van der Waals surface area contributed by atoms with E-state index in [1.165, 1.54) is 19.2 Å². The Morgan fingerprint density at radius 1 is 0.964 bits per heavy atom. The molecule has 4 aliphatic rings. The molecule has 0 unspecified atom stereocenters. The van der Waals surface area contributed by atoms with Crippen LogP contribution in [0, 0.1) is 17.8 Å². The van der Waals surface area contributed by atoms with E-state index in [0.717, 1.165) is 44.6 Å². The van der Waals surface area contributed by atoms with Crippen molar-refractivity contribution in [3.63, 3.8) is 0 Å². The van der Waals surface area contributed by atoms with E-state index in [2.05, 4.69) is 0 Å². The van der Waals surface area contributed by atoms with Crippen molar-refractivity contribution in [2.75, 3.05) is 7.11 Å². The molecular formula is C21H22F6O. The molecule has 4 fully saturated rings. The van der Waals surface area contributed by atoms with Crippen molar-refractivity contribution in [1.82, 2.24) is 0 Å². The Morgan fingerprint density at radius 2 is 1.50 bits per heavy atom. The van der Waals surface area contributed by atoms with Crippen molar-refractivity contribution in [1.29, 1.82) is 0 Å². The highest BCUT2D eigenvalue weighted by Gasteiger charge is 2.52. The van der Waals surface area contributed by atoms with Crippen LogP contribution in [0.1, 0.15) is 49.7 Å². The van der Waals surface area contributed by atoms with Gasteiger partial charge in [-0.25, -0.2) is 0 Å². The standard InChI is InChI=1S/C21H22F6O/c1-28-18-3-2-15(17(21(25,26)27)11-20(22,23)24)7-16(18)19-8-12-4-13(9-19)6-14(5-12)10-19/h2-3,7,11-14H,4-6,8-10H2,1H3/b17-11+. The van der Waals surface area contributed by atoms with Crippen LogP contribution in [0.25, 0.3) is 5.57 Å². The van der Waals surface area contributed by atoms with Gasteiger partial charge in [0.2, 0.25) is 0 Å². The van der Waals surface area contributed by atoms with Crippen LogP contribution < -0.4 is 4.74 Å². The number of ether oxygens (including phenoxy) is 1. The molecule has 0 aliphatic heterocycles. The highest BCUT2D eigenvalue weighted by atomic mass is 19.4. The first-order chi connectivity index (χ1) is 13.0. The third-order valence-corrected chi connectivity index (χ3v) is 6.73. The maximum absolute atomic E-state index is 13.4. The molecule has 154 valence electrons. The lowest BCUT2D eigenvalue weighted by atomic mass is 9.48. The Balaban J connectivity index is 1.82. The van der Waals surface area contributed by atoms with E-state index in [0.29, 0.717) is 29.1 Å². The molecule has 7 heteroatoms. The number of halogens is 6. The minimum atomic E-state index is -5.09. The summed E-state index contributed by atoms with van der Waals surface area (Å²) in [7, 11) is 1.45. The van der Waals surface area contributed by atoms with Crippen molar-refractivity contribution in [2.24, 2.45) is 17.8 Å². The zero-order valence-corrected chi connectivity index (χ0v) is 15.5. The van der Waals surface area contributed by atoms with Crippen molar-refractivity contribution in [2.45, 2.75) is 56.3 Å². The summed E-state index contributed by atoms with van der Waals surface area (Å²) in [5.41, 5.74) is -1.75. The summed E-state index contributed by atoms with van der Waals surface area (Å²) in [5.74, 6) is 2.12. The third-order valence-electron chi connectivity index (χ3n) is 6.73. The van der Waals surface area contributed by atoms with Gasteiger partial charge in [0.25, 0.3) is 0 Å². The number of hydrogen-bond acceptors (Lipinski definition) is 1. The van der Waals surface area contributed by atoms with E-state index in [1.807, 2.05) is 0 Å². The summed E-state index contributed by atoms with van der Waals surface area (Å²) >= 11 is 0. The van der Waals surface area contributed by atoms with E-state index in [-0.39, 0.29) is 5.41 Å². The Morgan fingerprint density at radius 3 is 1.93 bits per heavy atom. The predicted octanol–water partition coefficient (Wildman–Crippen LogP) is 6.67. The molecule has 0 amide bonds. The molecule has 4 bridgehead atoms. The number of allylic oxidation sites excluding steroid dienone is 2. The molecule has 4 saturated carbocycles. The van der Waals surface area contributed by atoms with Gasteiger partial charge in [-0.3, -0.25) is 0 Å². The van der Waals surface area contributed by atoms with E-state index in [9.17, 15) is 26.3 Å². The van der Waals surface area contributed by atoms with Crippen LogP contribution in [0.15, 0.2) is 24.3 Å². The van der Waals surface area contributed by atoms with Gasteiger partial charge in [0.1, 0.15) is 5.75 Å². The van der Waals surface area contributed by atoms with Gasteiger partial charge in [0.05, 0.1) is 12.7 Å². The molecule has 5 rings (SSSR count). The fraction of sp³-hybridized carbons (Fsp3) is 0.619. The SMILES string of the molecule is COc1ccc(/C(=C\C(F)(F)F)C(F)(F)F)cc1C12CC3CC(CC(C3)C1)C2. The average Bonchev–Trinajstić information content (AvgIpc) is 2.56. The fourth-order valence-corrected chi connectivity index (χ4v) is 6.22. The van der Waals surface area contributed by atoms with Crippen molar-refractivity contribution >= 4 is 5.57 Å². The molecule has 1 aromatic rings. The summed E-state index contributed by atoms with van der Waals surface area (Å²) in [6, 6.07) is 3.77. The van der Waals surface area contributed by atoms with E-state index < -0.39 is 29.6 Å². The van der Waals surface area contributed by atoms with E-state index in [1.54, 1.807) is 0 Å². The minimum absolute atomic E-state index is 0.287. The molecule has 0 heterocycles. The molecule has 0 N–H and O–H groups in total. The Kier molecular flexibility index (Phi) is 4.51. The normalized spacial score (nSPS) is 32.7. The van der Waals surface area contributed by atoms with E-state index >= 15 is 0 Å². The lowest BCUT2D eigenvalue weighted by Crippen LogP contribution is -2.48. The van der Waals surface area contributed by atoms with Crippen molar-refractivity contribution in [3.8, 4) is 5.75 Å². The second kappa shape index (κ2) is 6.42. The van der Waals surface area contributed by atoms with Gasteiger partial charge in [-0.2, -0.15) is 26.3 Å². The number of rotatable bonds is 3. The summed E-state index contributed by atoms with van der Waals surface area (Å²) in [5, 5.41) is 0. The molecule has 0 atom stereocenters. The second-order valence-electron chi connectivity index (χ2n) is 8.71. The Bertz CT molecular complexity index is 754. The van der Waals surface area contributed by atoms with E-state index in [4.69, 9.17) is 4.74 Å². The molecule has 1 aromatic carbocycles. The monoisotopic (exact) mass is 404 g/mol. The highest BCUT2D eigenvalue weighted by Crippen LogP contribution is 2.62. The largest absolute Gasteiger partial charge is 0.496 e. The van der Waals surface area contributed by atoms with Crippen molar-refractivity contribution < 1.29 is 31.1 Å². The summed E-state index contributed by atoms with van der Waals surface area (Å²) in [6.45, 7) is 0. The lowest BCUT2D eigenvalue weighted by Gasteiger charge is -2.57. The second-order valence-corrected chi connectivity index (χ2v) is 8.71. The fourth-order valence-electron chi connectivity index (χ4n) is 6.22. The van der Waals surface area contributed by atoms with Gasteiger partial charge in [-0.15, -0.1) is 0 Å². The van der Waals surface area contributed by atoms with Gasteiger partial charge in [-0.1, -0.05) is 6.07 Å². The van der Waals surface area contributed by atoms with Crippen LogP contribution in [0.5, 0.6) is 5.75 Å². The quantitative estimate of drug-likeness (QED) is 0.511. The zero-order chi connectivity index (χ0) is 20.3. The van der Waals surface area contributed by atoms with Crippen LogP contribution in [-0.2, 0) is 5.41 Å². The van der Waals surface area contributed by atoms with Gasteiger partial charge >= 0.3 is 12.4 Å². The van der Waals surface area contributed by atoms with Crippen LogP contribution >= 0.6 is 0 Å². The van der Waals surface area contributed by atoms with Crippen molar-refractivity contribution in [3.05, 3.63) is 35.4 Å². The Hall–Kier alpha value is -1.66. The Labute approximate surface area is 159 Å². The van der Waals surface area contributed by atoms with Gasteiger partial charge in [-0.05, 0) is 79.4 Å². The molecular weight excluding hydrogens is 382 g/mol. The van der Waals surface area contributed by atoms with Gasteiger partial charge in [0, 0.05) is 11.6 Å². The van der Waals surface area contributed by atoms with Crippen LogP contribution in [0.4, 0.5) is 26.3 Å². The third kappa shape index (κ3) is 3.52. The first-order valence-electron chi connectivity index (χ1n) is 9.55. The van der Waals surface area contributed by atoms with Crippen LogP contribution in [0.2, 0.25) is 0 Å². The smallest absolute Gasteiger partial charge is 0.417 e. The number of benzene rings is 1. The molecule has 0 saturated heterocycles.